The molecule has 126 valence electrons. The molecule has 0 saturated carbocycles. The molecule has 0 fully saturated rings. The quantitative estimate of drug-likeness (QED) is 0.565. The molecule has 2 N–H and O–H groups in total. The number of nitrogens with one attached hydrogen (secondary N) is 1. The minimum Gasteiger partial charge on any atom is -0.478 e. The lowest BCUT2D eigenvalue weighted by Crippen LogP contribution is -2.20. The second-order valence-electron chi connectivity index (χ2n) is 5.61. The van der Waals surface area contributed by atoms with Crippen LogP contribution in [0, 0.1) is 13.8 Å². The van der Waals surface area contributed by atoms with Crippen molar-refractivity contribution >= 4 is 23.7 Å². The van der Waals surface area contributed by atoms with Gasteiger partial charge in [0.15, 0.2) is 0 Å². The first kappa shape index (κ1) is 16.4. The molecule has 0 radical (unpaired) electrons. The average Bonchev–Trinajstić information content (AvgIpc) is 2.90. The van der Waals surface area contributed by atoms with Crippen molar-refractivity contribution in [1.29, 1.82) is 0 Å². The largest absolute Gasteiger partial charge is 0.478 e. The zero-order valence-electron chi connectivity index (χ0n) is 13.7. The molecule has 7 heteroatoms. The van der Waals surface area contributed by atoms with Crippen LogP contribution >= 0.6 is 0 Å². The Hall–Kier alpha value is -3.48. The number of benzene rings is 1. The van der Waals surface area contributed by atoms with Crippen molar-refractivity contribution in [2.45, 2.75) is 13.8 Å². The molecule has 0 bridgehead atoms. The van der Waals surface area contributed by atoms with E-state index in [0.717, 1.165) is 5.56 Å². The van der Waals surface area contributed by atoms with Gasteiger partial charge in [-0.15, -0.1) is 0 Å². The summed E-state index contributed by atoms with van der Waals surface area (Å²) in [6, 6.07) is 9.96. The fraction of sp³-hybridized carbons (Fsp3) is 0.111. The molecule has 0 aliphatic rings. The Bertz CT molecular complexity index is 987. The number of fused-ring (bicyclic) bond motifs is 1. The number of rotatable bonds is 4. The van der Waals surface area contributed by atoms with Gasteiger partial charge in [0, 0.05) is 6.20 Å². The molecule has 0 aliphatic heterocycles. The van der Waals surface area contributed by atoms with E-state index in [1.54, 1.807) is 23.5 Å². The normalized spacial score (nSPS) is 11.1. The van der Waals surface area contributed by atoms with Gasteiger partial charge in [-0.1, -0.05) is 18.2 Å². The molecule has 2 aromatic heterocycles. The number of carbonyl (C=O) groups is 2. The van der Waals surface area contributed by atoms with Gasteiger partial charge in [-0.05, 0) is 43.2 Å². The van der Waals surface area contributed by atoms with E-state index in [1.165, 1.54) is 18.3 Å². The van der Waals surface area contributed by atoms with Crippen LogP contribution in [-0.4, -0.2) is 32.6 Å². The Morgan fingerprint density at radius 1 is 1.16 bits per heavy atom. The van der Waals surface area contributed by atoms with Crippen LogP contribution in [0.3, 0.4) is 0 Å². The summed E-state index contributed by atoms with van der Waals surface area (Å²) >= 11 is 0. The van der Waals surface area contributed by atoms with Gasteiger partial charge in [0.25, 0.3) is 5.91 Å². The molecule has 0 unspecified atom stereocenters. The number of amides is 1. The Morgan fingerprint density at radius 2 is 1.88 bits per heavy atom. The van der Waals surface area contributed by atoms with Gasteiger partial charge in [0.1, 0.15) is 11.3 Å². The maximum absolute atomic E-state index is 12.4. The predicted octanol–water partition coefficient (Wildman–Crippen LogP) is 2.41. The van der Waals surface area contributed by atoms with Gasteiger partial charge in [-0.25, -0.2) is 15.2 Å². The fourth-order valence-electron chi connectivity index (χ4n) is 2.47. The highest BCUT2D eigenvalue weighted by atomic mass is 16.4. The summed E-state index contributed by atoms with van der Waals surface area (Å²) in [4.78, 5) is 27.6. The minimum absolute atomic E-state index is 0.193. The number of pyridine rings is 1. The molecule has 25 heavy (non-hydrogen) atoms. The lowest BCUT2D eigenvalue weighted by Gasteiger charge is -2.02. The summed E-state index contributed by atoms with van der Waals surface area (Å²) in [7, 11) is 0. The molecule has 2 heterocycles. The molecule has 0 spiro atoms. The number of imidazole rings is 1. The standard InChI is InChI=1S/C18H16N4O3/c1-11-3-8-15-20-12(2)16(22(15)10-11)17(23)21-19-9-13-4-6-14(7-5-13)18(24)25/h3-10H,1-2H3,(H,21,23)(H,24,25)/b19-9+. The Kier molecular flexibility index (Phi) is 4.30. The van der Waals surface area contributed by atoms with Crippen LogP contribution in [0.15, 0.2) is 47.7 Å². The van der Waals surface area contributed by atoms with Crippen LogP contribution < -0.4 is 5.43 Å². The molecule has 0 aliphatic carbocycles. The van der Waals surface area contributed by atoms with Crippen molar-refractivity contribution in [1.82, 2.24) is 14.8 Å². The van der Waals surface area contributed by atoms with Crippen LogP contribution in [0.4, 0.5) is 0 Å². The topological polar surface area (TPSA) is 96.1 Å². The highest BCUT2D eigenvalue weighted by Crippen LogP contribution is 2.13. The SMILES string of the molecule is Cc1ccc2nc(C)c(C(=O)N/N=C/c3ccc(C(=O)O)cc3)n2c1. The highest BCUT2D eigenvalue weighted by molar-refractivity contribution is 5.95. The second-order valence-corrected chi connectivity index (χ2v) is 5.61. The lowest BCUT2D eigenvalue weighted by molar-refractivity contribution is 0.0696. The van der Waals surface area contributed by atoms with Crippen LogP contribution in [0.5, 0.6) is 0 Å². The second kappa shape index (κ2) is 6.56. The van der Waals surface area contributed by atoms with Gasteiger partial charge >= 0.3 is 5.97 Å². The number of hydrogen-bond donors (Lipinski definition) is 2. The van der Waals surface area contributed by atoms with E-state index in [1.807, 2.05) is 25.3 Å². The lowest BCUT2D eigenvalue weighted by atomic mass is 10.1. The Labute approximate surface area is 143 Å². The summed E-state index contributed by atoms with van der Waals surface area (Å²) in [5.41, 5.74) is 6.10. The number of hydrogen-bond acceptors (Lipinski definition) is 4. The van der Waals surface area contributed by atoms with Crippen molar-refractivity contribution in [3.8, 4) is 0 Å². The number of carbonyl (C=O) groups excluding carboxylic acids is 1. The molecule has 3 rings (SSSR count). The van der Waals surface area contributed by atoms with Crippen molar-refractivity contribution in [3.05, 3.63) is 70.7 Å². The van der Waals surface area contributed by atoms with E-state index >= 15 is 0 Å². The van der Waals surface area contributed by atoms with E-state index in [4.69, 9.17) is 5.11 Å². The van der Waals surface area contributed by atoms with Crippen LogP contribution in [-0.2, 0) is 0 Å². The van der Waals surface area contributed by atoms with E-state index in [-0.39, 0.29) is 11.5 Å². The molecule has 1 aromatic carbocycles. The van der Waals surface area contributed by atoms with Crippen LogP contribution in [0.25, 0.3) is 5.65 Å². The first-order valence-electron chi connectivity index (χ1n) is 7.58. The summed E-state index contributed by atoms with van der Waals surface area (Å²) in [5.74, 6) is -1.36. The average molecular weight is 336 g/mol. The third-order valence-corrected chi connectivity index (χ3v) is 3.69. The summed E-state index contributed by atoms with van der Waals surface area (Å²) in [6.07, 6.45) is 3.30. The Balaban J connectivity index is 1.77. The van der Waals surface area contributed by atoms with Gasteiger partial charge in [0.05, 0.1) is 17.5 Å². The van der Waals surface area contributed by atoms with Crippen LogP contribution in [0.2, 0.25) is 0 Å². The number of aromatic nitrogens is 2. The number of hydrazone groups is 1. The molecular weight excluding hydrogens is 320 g/mol. The third-order valence-electron chi connectivity index (χ3n) is 3.69. The molecule has 1 amide bonds. The van der Waals surface area contributed by atoms with Crippen molar-refractivity contribution < 1.29 is 14.7 Å². The summed E-state index contributed by atoms with van der Waals surface area (Å²) in [6.45, 7) is 3.71. The summed E-state index contributed by atoms with van der Waals surface area (Å²) in [5, 5.41) is 12.8. The van der Waals surface area contributed by atoms with Crippen molar-refractivity contribution in [3.63, 3.8) is 0 Å². The van der Waals surface area contributed by atoms with Crippen molar-refractivity contribution in [2.24, 2.45) is 5.10 Å². The zero-order chi connectivity index (χ0) is 18.0. The number of aromatic carboxylic acids is 1. The molecular formula is C18H16N4O3. The van der Waals surface area contributed by atoms with Crippen LogP contribution in [0.1, 0.15) is 37.7 Å². The van der Waals surface area contributed by atoms with E-state index in [9.17, 15) is 9.59 Å². The fourth-order valence-corrected chi connectivity index (χ4v) is 2.47. The predicted molar refractivity (Wildman–Crippen MR) is 93.1 cm³/mol. The maximum Gasteiger partial charge on any atom is 0.335 e. The maximum atomic E-state index is 12.4. The summed E-state index contributed by atoms with van der Waals surface area (Å²) < 4.78 is 1.73. The molecule has 3 aromatic rings. The Morgan fingerprint density at radius 3 is 2.56 bits per heavy atom. The first-order valence-corrected chi connectivity index (χ1v) is 7.58. The number of carboxylic acid groups (broad SMARTS) is 1. The number of aryl methyl sites for hydroxylation is 2. The number of nitrogens with zero attached hydrogens (tertiary/aromatic N) is 3. The highest BCUT2D eigenvalue weighted by Gasteiger charge is 2.16. The first-order chi connectivity index (χ1) is 12.0. The van der Waals surface area contributed by atoms with Crippen molar-refractivity contribution in [2.75, 3.05) is 0 Å². The molecule has 7 nitrogen and oxygen atoms in total. The number of carboxylic acids is 1. The van der Waals surface area contributed by atoms with E-state index in [2.05, 4.69) is 15.5 Å². The monoisotopic (exact) mass is 336 g/mol. The van der Waals surface area contributed by atoms with E-state index in [0.29, 0.717) is 22.6 Å². The molecule has 0 atom stereocenters. The van der Waals surface area contributed by atoms with E-state index < -0.39 is 5.97 Å². The smallest absolute Gasteiger partial charge is 0.335 e. The van der Waals surface area contributed by atoms with Gasteiger partial charge in [-0.2, -0.15) is 5.10 Å². The zero-order valence-corrected chi connectivity index (χ0v) is 13.7. The minimum atomic E-state index is -0.991. The molecule has 0 saturated heterocycles. The third kappa shape index (κ3) is 3.40. The van der Waals surface area contributed by atoms with Gasteiger partial charge < -0.3 is 5.11 Å². The van der Waals surface area contributed by atoms with Gasteiger partial charge in [0.2, 0.25) is 0 Å². The van der Waals surface area contributed by atoms with Gasteiger partial charge in [-0.3, -0.25) is 9.20 Å².